The van der Waals surface area contributed by atoms with Crippen molar-refractivity contribution in [1.29, 1.82) is 0 Å². The van der Waals surface area contributed by atoms with Crippen LogP contribution in [0, 0.1) is 10.1 Å². The molecule has 0 saturated carbocycles. The van der Waals surface area contributed by atoms with Crippen LogP contribution >= 0.6 is 0 Å². The third kappa shape index (κ3) is 6.63. The van der Waals surface area contributed by atoms with Gasteiger partial charge in [-0.25, -0.2) is 0 Å². The number of rotatable bonds is 7. The van der Waals surface area contributed by atoms with Crippen LogP contribution in [0.5, 0.6) is 0 Å². The number of esters is 1. The molecule has 2 rings (SSSR count). The van der Waals surface area contributed by atoms with Gasteiger partial charge in [0.25, 0.3) is 5.69 Å². The van der Waals surface area contributed by atoms with E-state index in [0.29, 0.717) is 6.42 Å². The summed E-state index contributed by atoms with van der Waals surface area (Å²) >= 11 is 0. The Bertz CT molecular complexity index is 824. The molecular formula is C22H26N2O4. The molecule has 2 aromatic rings. The maximum atomic E-state index is 12.7. The lowest BCUT2D eigenvalue weighted by atomic mass is 9.91. The Morgan fingerprint density at radius 2 is 1.75 bits per heavy atom. The molecule has 0 heterocycles. The molecule has 2 aromatic carbocycles. The number of benzene rings is 2. The minimum absolute atomic E-state index is 0.0375. The summed E-state index contributed by atoms with van der Waals surface area (Å²) in [5.41, 5.74) is 7.35. The van der Waals surface area contributed by atoms with Crippen LogP contribution in [0.2, 0.25) is 0 Å². The van der Waals surface area contributed by atoms with E-state index in [0.717, 1.165) is 11.1 Å². The molecule has 0 aliphatic carbocycles. The van der Waals surface area contributed by atoms with Crippen molar-refractivity contribution >= 4 is 17.7 Å². The molecule has 2 N–H and O–H groups in total. The Morgan fingerprint density at radius 3 is 2.29 bits per heavy atom. The molecular weight excluding hydrogens is 356 g/mol. The van der Waals surface area contributed by atoms with Crippen molar-refractivity contribution in [2.75, 3.05) is 0 Å². The Balaban J connectivity index is 2.12. The number of non-ortho nitro benzene ring substituents is 1. The molecule has 0 saturated heterocycles. The van der Waals surface area contributed by atoms with E-state index in [1.54, 1.807) is 24.3 Å². The molecule has 0 bridgehead atoms. The van der Waals surface area contributed by atoms with E-state index in [9.17, 15) is 14.9 Å². The lowest BCUT2D eigenvalue weighted by Gasteiger charge is -2.25. The molecule has 6 nitrogen and oxygen atoms in total. The summed E-state index contributed by atoms with van der Waals surface area (Å²) in [5, 5.41) is 10.7. The molecule has 0 aromatic heterocycles. The molecule has 28 heavy (non-hydrogen) atoms. The van der Waals surface area contributed by atoms with Gasteiger partial charge in [-0.2, -0.15) is 0 Å². The smallest absolute Gasteiger partial charge is 0.314 e. The van der Waals surface area contributed by atoms with Gasteiger partial charge in [0.1, 0.15) is 5.60 Å². The first-order valence-corrected chi connectivity index (χ1v) is 9.12. The van der Waals surface area contributed by atoms with Crippen LogP contribution in [0.4, 0.5) is 5.69 Å². The lowest BCUT2D eigenvalue weighted by molar-refractivity contribution is -0.384. The van der Waals surface area contributed by atoms with Crippen molar-refractivity contribution in [3.05, 3.63) is 81.9 Å². The Hall–Kier alpha value is -2.99. The number of carbonyl (C=O) groups excluding carboxylic acids is 1. The maximum Gasteiger partial charge on any atom is 0.314 e. The summed E-state index contributed by atoms with van der Waals surface area (Å²) in [4.78, 5) is 23.0. The van der Waals surface area contributed by atoms with Gasteiger partial charge in [-0.05, 0) is 50.5 Å². The van der Waals surface area contributed by atoms with Crippen LogP contribution in [-0.4, -0.2) is 22.5 Å². The van der Waals surface area contributed by atoms with Gasteiger partial charge >= 0.3 is 5.97 Å². The van der Waals surface area contributed by atoms with E-state index in [-0.39, 0.29) is 17.7 Å². The van der Waals surface area contributed by atoms with E-state index in [4.69, 9.17) is 10.5 Å². The standard InChI is InChI=1S/C22H26N2O4/c1-22(2,3)28-21(25)20(17-7-5-4-6-8-17)15-18(23)12-9-16-10-13-19(14-11-16)24(26)27/h4-14,18,20H,15,23H2,1-3H3. The Kier molecular flexibility index (Phi) is 7.06. The van der Waals surface area contributed by atoms with Crippen molar-refractivity contribution in [2.45, 2.75) is 44.8 Å². The first kappa shape index (κ1) is 21.3. The summed E-state index contributed by atoms with van der Waals surface area (Å²) in [7, 11) is 0. The molecule has 6 heteroatoms. The zero-order valence-electron chi connectivity index (χ0n) is 16.4. The van der Waals surface area contributed by atoms with Gasteiger partial charge in [-0.3, -0.25) is 14.9 Å². The van der Waals surface area contributed by atoms with E-state index in [2.05, 4.69) is 0 Å². The highest BCUT2D eigenvalue weighted by atomic mass is 16.6. The highest BCUT2D eigenvalue weighted by Crippen LogP contribution is 2.25. The van der Waals surface area contributed by atoms with Crippen LogP contribution in [-0.2, 0) is 9.53 Å². The van der Waals surface area contributed by atoms with E-state index in [1.165, 1.54) is 12.1 Å². The molecule has 0 aliphatic rings. The largest absolute Gasteiger partial charge is 0.459 e. The average Bonchev–Trinajstić information content (AvgIpc) is 2.64. The highest BCUT2D eigenvalue weighted by Gasteiger charge is 2.27. The van der Waals surface area contributed by atoms with Crippen molar-refractivity contribution in [3.63, 3.8) is 0 Å². The summed E-state index contributed by atoms with van der Waals surface area (Å²) in [5.74, 6) is -0.783. The molecule has 0 fully saturated rings. The predicted octanol–water partition coefficient (Wildman–Crippen LogP) is 4.45. The topological polar surface area (TPSA) is 95.5 Å². The average molecular weight is 382 g/mol. The number of nitro benzene ring substituents is 1. The number of hydrogen-bond acceptors (Lipinski definition) is 5. The van der Waals surface area contributed by atoms with Gasteiger partial charge in [0.05, 0.1) is 10.8 Å². The number of nitrogens with zero attached hydrogens (tertiary/aromatic N) is 1. The first-order chi connectivity index (χ1) is 13.2. The summed E-state index contributed by atoms with van der Waals surface area (Å²) < 4.78 is 5.57. The van der Waals surface area contributed by atoms with Crippen LogP contribution in [0.1, 0.15) is 44.2 Å². The number of carbonyl (C=O) groups is 1. The van der Waals surface area contributed by atoms with Crippen LogP contribution in [0.25, 0.3) is 6.08 Å². The maximum absolute atomic E-state index is 12.7. The molecule has 2 unspecified atom stereocenters. The normalized spacial score (nSPS) is 13.9. The SMILES string of the molecule is CC(C)(C)OC(=O)C(CC(N)C=Cc1ccc([N+](=O)[O-])cc1)c1ccccc1. The monoisotopic (exact) mass is 382 g/mol. The third-order valence-corrected chi connectivity index (χ3v) is 4.04. The second-order valence-corrected chi connectivity index (χ2v) is 7.60. The number of nitrogens with two attached hydrogens (primary N) is 1. The molecule has 2 atom stereocenters. The third-order valence-electron chi connectivity index (χ3n) is 4.04. The molecule has 0 radical (unpaired) electrons. The van der Waals surface area contributed by atoms with Gasteiger partial charge in [-0.1, -0.05) is 42.5 Å². The fourth-order valence-corrected chi connectivity index (χ4v) is 2.72. The van der Waals surface area contributed by atoms with E-state index in [1.807, 2.05) is 51.1 Å². The number of ether oxygens (including phenoxy) is 1. The lowest BCUT2D eigenvalue weighted by Crippen LogP contribution is -2.31. The molecule has 0 spiro atoms. The predicted molar refractivity (Wildman–Crippen MR) is 110 cm³/mol. The summed E-state index contributed by atoms with van der Waals surface area (Å²) in [6.07, 6.45) is 3.98. The second-order valence-electron chi connectivity index (χ2n) is 7.60. The Morgan fingerprint density at radius 1 is 1.14 bits per heavy atom. The van der Waals surface area contributed by atoms with Crippen molar-refractivity contribution in [1.82, 2.24) is 0 Å². The van der Waals surface area contributed by atoms with Crippen LogP contribution in [0.15, 0.2) is 60.7 Å². The first-order valence-electron chi connectivity index (χ1n) is 9.12. The number of nitro groups is 1. The van der Waals surface area contributed by atoms with Gasteiger partial charge in [0.15, 0.2) is 0 Å². The van der Waals surface area contributed by atoms with Gasteiger partial charge in [-0.15, -0.1) is 0 Å². The van der Waals surface area contributed by atoms with Crippen LogP contribution in [0.3, 0.4) is 0 Å². The van der Waals surface area contributed by atoms with Crippen molar-refractivity contribution < 1.29 is 14.5 Å². The highest BCUT2D eigenvalue weighted by molar-refractivity contribution is 5.78. The quantitative estimate of drug-likeness (QED) is 0.433. The van der Waals surface area contributed by atoms with Crippen LogP contribution < -0.4 is 5.73 Å². The molecule has 0 aliphatic heterocycles. The Labute approximate surface area is 165 Å². The van der Waals surface area contributed by atoms with E-state index < -0.39 is 16.4 Å². The minimum Gasteiger partial charge on any atom is -0.459 e. The summed E-state index contributed by atoms with van der Waals surface area (Å²) in [6, 6.07) is 15.3. The zero-order chi connectivity index (χ0) is 20.7. The summed E-state index contributed by atoms with van der Waals surface area (Å²) in [6.45, 7) is 5.50. The second kappa shape index (κ2) is 9.28. The molecule has 0 amide bonds. The number of hydrogen-bond donors (Lipinski definition) is 1. The van der Waals surface area contributed by atoms with Crippen molar-refractivity contribution in [3.8, 4) is 0 Å². The zero-order valence-corrected chi connectivity index (χ0v) is 16.4. The minimum atomic E-state index is -0.581. The van der Waals surface area contributed by atoms with Gasteiger partial charge in [0.2, 0.25) is 0 Å². The van der Waals surface area contributed by atoms with Crippen molar-refractivity contribution in [2.24, 2.45) is 5.73 Å². The van der Waals surface area contributed by atoms with Gasteiger partial charge in [0, 0.05) is 18.2 Å². The fourth-order valence-electron chi connectivity index (χ4n) is 2.72. The fraction of sp³-hybridized carbons (Fsp3) is 0.318. The van der Waals surface area contributed by atoms with Gasteiger partial charge < -0.3 is 10.5 Å². The van der Waals surface area contributed by atoms with E-state index >= 15 is 0 Å². The molecule has 148 valence electrons.